The number of H-pyrrole nitrogens is 1. The summed E-state index contributed by atoms with van der Waals surface area (Å²) in [6.07, 6.45) is 7.08. The van der Waals surface area contributed by atoms with Crippen molar-refractivity contribution in [1.29, 1.82) is 0 Å². The summed E-state index contributed by atoms with van der Waals surface area (Å²) in [5.41, 5.74) is 5.08. The van der Waals surface area contributed by atoms with Crippen molar-refractivity contribution in [1.82, 2.24) is 14.5 Å². The van der Waals surface area contributed by atoms with Gasteiger partial charge in [0.05, 0.1) is 12.4 Å². The van der Waals surface area contributed by atoms with Crippen LogP contribution in [-0.2, 0) is 12.8 Å². The van der Waals surface area contributed by atoms with Crippen LogP contribution in [0.25, 0.3) is 10.9 Å². The molecule has 3 aromatic carbocycles. The normalized spacial score (nSPS) is 12.2. The van der Waals surface area contributed by atoms with Gasteiger partial charge in [0.2, 0.25) is 5.56 Å². The van der Waals surface area contributed by atoms with E-state index in [0.29, 0.717) is 5.02 Å². The molecule has 0 fully saturated rings. The number of aromatic amines is 1. The summed E-state index contributed by atoms with van der Waals surface area (Å²) in [5, 5.41) is 2.45. The van der Waals surface area contributed by atoms with Gasteiger partial charge < -0.3 is 9.55 Å². The van der Waals surface area contributed by atoms with E-state index in [1.165, 1.54) is 0 Å². The summed E-state index contributed by atoms with van der Waals surface area (Å²) in [6.45, 7) is 0. The average molecular weight is 474 g/mol. The Morgan fingerprint density at radius 3 is 2.45 bits per heavy atom. The predicted molar refractivity (Wildman–Crippen MR) is 134 cm³/mol. The molecule has 0 amide bonds. The topological polar surface area (TPSA) is 50.7 Å². The lowest BCUT2D eigenvalue weighted by molar-refractivity contribution is 0.677. The van der Waals surface area contributed by atoms with E-state index in [-0.39, 0.29) is 11.6 Å². The fourth-order valence-electron chi connectivity index (χ4n) is 4.29. The van der Waals surface area contributed by atoms with Crippen molar-refractivity contribution >= 4 is 34.1 Å². The second-order valence-corrected chi connectivity index (χ2v) is 8.93. The number of aromatic nitrogens is 3. The molecule has 4 nitrogen and oxygen atoms in total. The molecule has 6 heteroatoms. The molecular formula is C27H21Cl2N3O. The molecule has 0 aliphatic carbocycles. The summed E-state index contributed by atoms with van der Waals surface area (Å²) in [4.78, 5) is 19.6. The summed E-state index contributed by atoms with van der Waals surface area (Å²) >= 11 is 12.3. The fraction of sp³-hybridized carbons (Fsp3) is 0.111. The number of hydrogen-bond acceptors (Lipinski definition) is 2. The summed E-state index contributed by atoms with van der Waals surface area (Å²) in [7, 11) is 0. The Kier molecular flexibility index (Phi) is 6.03. The molecule has 1 unspecified atom stereocenters. The second kappa shape index (κ2) is 9.26. The number of halogens is 2. The van der Waals surface area contributed by atoms with E-state index >= 15 is 0 Å². The van der Waals surface area contributed by atoms with Gasteiger partial charge in [0.1, 0.15) is 0 Å². The van der Waals surface area contributed by atoms with Gasteiger partial charge in [-0.15, -0.1) is 0 Å². The highest BCUT2D eigenvalue weighted by Gasteiger charge is 2.17. The fourth-order valence-corrected chi connectivity index (χ4v) is 4.63. The highest BCUT2D eigenvalue weighted by molar-refractivity contribution is 6.30. The van der Waals surface area contributed by atoms with Crippen molar-refractivity contribution in [2.24, 2.45) is 0 Å². The lowest BCUT2D eigenvalue weighted by Gasteiger charge is -2.21. The maximum absolute atomic E-state index is 12.3. The maximum atomic E-state index is 12.3. The molecule has 0 spiro atoms. The van der Waals surface area contributed by atoms with Crippen LogP contribution in [0.1, 0.15) is 28.3 Å². The van der Waals surface area contributed by atoms with Crippen molar-refractivity contribution < 1.29 is 0 Å². The quantitative estimate of drug-likeness (QED) is 0.307. The third-order valence-corrected chi connectivity index (χ3v) is 6.34. The molecule has 1 atom stereocenters. The van der Waals surface area contributed by atoms with Crippen molar-refractivity contribution in [3.05, 3.63) is 134 Å². The van der Waals surface area contributed by atoms with E-state index < -0.39 is 0 Å². The average Bonchev–Trinajstić information content (AvgIpc) is 3.33. The lowest BCUT2D eigenvalue weighted by Crippen LogP contribution is -2.12. The number of imidazole rings is 1. The van der Waals surface area contributed by atoms with Gasteiger partial charge in [0.25, 0.3) is 0 Å². The zero-order valence-corrected chi connectivity index (χ0v) is 19.2. The lowest BCUT2D eigenvalue weighted by atomic mass is 9.94. The number of nitrogens with zero attached hydrogens (tertiary/aromatic N) is 2. The van der Waals surface area contributed by atoms with Crippen molar-refractivity contribution in [2.45, 2.75) is 18.9 Å². The van der Waals surface area contributed by atoms with E-state index in [1.807, 2.05) is 61.1 Å². The SMILES string of the molecule is O=c1cc(CCc2cccc(Cl)c2)c2cc(C(c3ccc(Cl)cc3)n3ccnc3)ccc2[nH]1. The largest absolute Gasteiger partial charge is 0.326 e. The molecule has 0 aliphatic rings. The molecule has 0 bridgehead atoms. The zero-order valence-electron chi connectivity index (χ0n) is 17.7. The monoisotopic (exact) mass is 473 g/mol. The summed E-state index contributed by atoms with van der Waals surface area (Å²) in [5.74, 6) is 0. The van der Waals surface area contributed by atoms with Crippen LogP contribution in [0.15, 0.2) is 96.3 Å². The molecule has 2 aromatic heterocycles. The molecule has 2 heterocycles. The zero-order chi connectivity index (χ0) is 22.8. The minimum Gasteiger partial charge on any atom is -0.326 e. The van der Waals surface area contributed by atoms with Gasteiger partial charge in [-0.05, 0) is 71.5 Å². The van der Waals surface area contributed by atoms with Crippen LogP contribution in [0, 0.1) is 0 Å². The predicted octanol–water partition coefficient (Wildman–Crippen LogP) is 6.45. The number of benzene rings is 3. The Balaban J connectivity index is 1.58. The Morgan fingerprint density at radius 1 is 0.879 bits per heavy atom. The van der Waals surface area contributed by atoms with E-state index in [4.69, 9.17) is 23.2 Å². The standard InChI is InChI=1S/C27H21Cl2N3O/c28-22-9-6-19(7-10-22)27(32-13-12-30-17-32)21-8-11-25-24(15-21)20(16-26(33)31-25)5-4-18-2-1-3-23(29)14-18/h1-3,6-17,27H,4-5H2,(H,31,33). The first-order valence-corrected chi connectivity index (χ1v) is 11.5. The van der Waals surface area contributed by atoms with E-state index in [0.717, 1.165) is 51.0 Å². The van der Waals surface area contributed by atoms with Crippen LogP contribution in [0.5, 0.6) is 0 Å². The molecule has 0 aliphatic heterocycles. The molecule has 5 aromatic rings. The second-order valence-electron chi connectivity index (χ2n) is 8.06. The molecule has 164 valence electrons. The molecular weight excluding hydrogens is 453 g/mol. The number of rotatable bonds is 6. The minimum atomic E-state index is -0.0970. The van der Waals surface area contributed by atoms with Gasteiger partial charge in [-0.1, -0.05) is 53.5 Å². The van der Waals surface area contributed by atoms with Gasteiger partial charge in [0, 0.05) is 39.4 Å². The van der Waals surface area contributed by atoms with Crippen LogP contribution < -0.4 is 5.56 Å². The molecule has 0 saturated carbocycles. The Hall–Kier alpha value is -3.34. The van der Waals surface area contributed by atoms with Crippen LogP contribution in [-0.4, -0.2) is 14.5 Å². The summed E-state index contributed by atoms with van der Waals surface area (Å²) < 4.78 is 2.07. The third-order valence-electron chi connectivity index (χ3n) is 5.85. The Morgan fingerprint density at radius 2 is 1.70 bits per heavy atom. The number of nitrogens with one attached hydrogen (secondary N) is 1. The molecule has 33 heavy (non-hydrogen) atoms. The number of aryl methyl sites for hydroxylation is 2. The first-order chi connectivity index (χ1) is 16.1. The van der Waals surface area contributed by atoms with E-state index in [1.54, 1.807) is 12.3 Å². The number of pyridine rings is 1. The van der Waals surface area contributed by atoms with Crippen LogP contribution in [0.4, 0.5) is 0 Å². The molecule has 1 N–H and O–H groups in total. The molecule has 0 saturated heterocycles. The van der Waals surface area contributed by atoms with Gasteiger partial charge in [-0.25, -0.2) is 4.98 Å². The van der Waals surface area contributed by atoms with Gasteiger partial charge in [0.15, 0.2) is 0 Å². The number of hydrogen-bond donors (Lipinski definition) is 1. The van der Waals surface area contributed by atoms with Crippen LogP contribution in [0.2, 0.25) is 10.0 Å². The van der Waals surface area contributed by atoms with E-state index in [9.17, 15) is 4.79 Å². The van der Waals surface area contributed by atoms with Gasteiger partial charge in [-0.2, -0.15) is 0 Å². The Bertz CT molecular complexity index is 1460. The van der Waals surface area contributed by atoms with Gasteiger partial charge >= 0.3 is 0 Å². The smallest absolute Gasteiger partial charge is 0.248 e. The van der Waals surface area contributed by atoms with Crippen LogP contribution >= 0.6 is 23.2 Å². The Labute approximate surface area is 201 Å². The maximum Gasteiger partial charge on any atom is 0.248 e. The minimum absolute atomic E-state index is 0.0677. The molecule has 0 radical (unpaired) electrons. The highest BCUT2D eigenvalue weighted by Crippen LogP contribution is 2.30. The van der Waals surface area contributed by atoms with Crippen molar-refractivity contribution in [2.75, 3.05) is 0 Å². The number of fused-ring (bicyclic) bond motifs is 1. The van der Waals surface area contributed by atoms with Crippen molar-refractivity contribution in [3.8, 4) is 0 Å². The van der Waals surface area contributed by atoms with E-state index in [2.05, 4.69) is 32.7 Å². The van der Waals surface area contributed by atoms with Gasteiger partial charge in [-0.3, -0.25) is 4.79 Å². The highest BCUT2D eigenvalue weighted by atomic mass is 35.5. The third kappa shape index (κ3) is 4.72. The first kappa shape index (κ1) is 21.5. The van der Waals surface area contributed by atoms with Crippen LogP contribution in [0.3, 0.4) is 0 Å². The summed E-state index contributed by atoms with van der Waals surface area (Å²) in [6, 6.07) is 23.5. The molecule has 5 rings (SSSR count). The first-order valence-electron chi connectivity index (χ1n) is 10.7. The van der Waals surface area contributed by atoms with Crippen molar-refractivity contribution in [3.63, 3.8) is 0 Å².